The molecule has 0 aromatic heterocycles. The van der Waals surface area contributed by atoms with E-state index in [2.05, 4.69) is 0 Å². The van der Waals surface area contributed by atoms with Crippen LogP contribution in [0, 0.1) is 5.82 Å². The van der Waals surface area contributed by atoms with Crippen LogP contribution in [-0.4, -0.2) is 22.2 Å². The molecule has 0 atom stereocenters. The molecule has 0 spiro atoms. The largest absolute Gasteiger partial charge is 0.481 e. The fourth-order valence-corrected chi connectivity index (χ4v) is 1.21. The molecule has 0 aliphatic rings. The third kappa shape index (κ3) is 3.53. The van der Waals surface area contributed by atoms with Crippen LogP contribution in [0.25, 0.3) is 6.08 Å². The molecule has 0 radical (unpaired) electrons. The average Bonchev–Trinajstić information content (AvgIpc) is 2.17. The highest BCUT2D eigenvalue weighted by molar-refractivity contribution is 5.86. The molecule has 4 nitrogen and oxygen atoms in total. The van der Waals surface area contributed by atoms with Gasteiger partial charge in [-0.05, 0) is 29.3 Å². The maximum Gasteiger partial charge on any atom is 0.328 e. The molecule has 0 saturated heterocycles. The second kappa shape index (κ2) is 5.06. The maximum absolute atomic E-state index is 12.9. The minimum atomic E-state index is -1.18. The van der Waals surface area contributed by atoms with Crippen LogP contribution in [0.4, 0.5) is 4.39 Å². The minimum absolute atomic E-state index is 0.254. The van der Waals surface area contributed by atoms with Crippen LogP contribution in [0.5, 0.6) is 0 Å². The van der Waals surface area contributed by atoms with E-state index in [9.17, 15) is 14.0 Å². The first kappa shape index (κ1) is 11.9. The zero-order chi connectivity index (χ0) is 12.1. The van der Waals surface area contributed by atoms with Crippen LogP contribution < -0.4 is 0 Å². The second-order valence-corrected chi connectivity index (χ2v) is 3.09. The second-order valence-electron chi connectivity index (χ2n) is 3.09. The van der Waals surface area contributed by atoms with Gasteiger partial charge in [0.05, 0.1) is 6.42 Å². The lowest BCUT2D eigenvalue weighted by Crippen LogP contribution is -2.02. The van der Waals surface area contributed by atoms with Crippen molar-refractivity contribution in [2.75, 3.05) is 0 Å². The highest BCUT2D eigenvalue weighted by Crippen LogP contribution is 2.14. The van der Waals surface area contributed by atoms with Crippen molar-refractivity contribution >= 4 is 18.0 Å². The van der Waals surface area contributed by atoms with E-state index in [0.717, 1.165) is 18.2 Å². The zero-order valence-corrected chi connectivity index (χ0v) is 8.18. The summed E-state index contributed by atoms with van der Waals surface area (Å²) in [5.41, 5.74) is 0.621. The van der Waals surface area contributed by atoms with Crippen LogP contribution in [0.3, 0.4) is 0 Å². The van der Waals surface area contributed by atoms with Gasteiger partial charge in [-0.2, -0.15) is 0 Å². The van der Waals surface area contributed by atoms with Crippen LogP contribution in [0.2, 0.25) is 0 Å². The topological polar surface area (TPSA) is 74.6 Å². The third-order valence-electron chi connectivity index (χ3n) is 1.86. The van der Waals surface area contributed by atoms with E-state index in [4.69, 9.17) is 10.2 Å². The number of hydrogen-bond acceptors (Lipinski definition) is 2. The number of hydrogen-bond donors (Lipinski definition) is 2. The molecular formula is C11H9FO4. The number of carboxylic acid groups (broad SMARTS) is 2. The number of benzene rings is 1. The molecular weight excluding hydrogens is 215 g/mol. The number of aliphatic carboxylic acids is 2. The standard InChI is InChI=1S/C11H9FO4/c12-9-3-1-8(6-11(15)16)7(5-9)2-4-10(13)14/h1-5H,6H2,(H,13,14)(H,15,16). The first-order valence-electron chi connectivity index (χ1n) is 4.40. The van der Waals surface area contributed by atoms with E-state index in [1.54, 1.807) is 0 Å². The smallest absolute Gasteiger partial charge is 0.328 e. The molecule has 16 heavy (non-hydrogen) atoms. The number of carbonyl (C=O) groups is 2. The van der Waals surface area contributed by atoms with Gasteiger partial charge in [-0.1, -0.05) is 6.07 Å². The summed E-state index contributed by atoms with van der Waals surface area (Å²) in [6.45, 7) is 0. The van der Waals surface area contributed by atoms with Gasteiger partial charge in [-0.3, -0.25) is 4.79 Å². The first-order chi connectivity index (χ1) is 7.49. The molecule has 5 heteroatoms. The quantitative estimate of drug-likeness (QED) is 0.761. The molecule has 0 unspecified atom stereocenters. The summed E-state index contributed by atoms with van der Waals surface area (Å²) in [5, 5.41) is 17.0. The summed E-state index contributed by atoms with van der Waals surface area (Å²) >= 11 is 0. The van der Waals surface area contributed by atoms with Gasteiger partial charge in [-0.25, -0.2) is 9.18 Å². The van der Waals surface area contributed by atoms with Crippen molar-refractivity contribution in [3.63, 3.8) is 0 Å². The van der Waals surface area contributed by atoms with Gasteiger partial charge >= 0.3 is 11.9 Å². The Morgan fingerprint density at radius 3 is 2.56 bits per heavy atom. The molecule has 84 valence electrons. The summed E-state index contributed by atoms with van der Waals surface area (Å²) in [7, 11) is 0. The zero-order valence-electron chi connectivity index (χ0n) is 8.18. The molecule has 0 heterocycles. The number of rotatable bonds is 4. The van der Waals surface area contributed by atoms with E-state index in [1.165, 1.54) is 12.1 Å². The van der Waals surface area contributed by atoms with Gasteiger partial charge in [0, 0.05) is 6.08 Å². The molecule has 1 rings (SSSR count). The molecule has 0 amide bonds. The van der Waals surface area contributed by atoms with Gasteiger partial charge in [0.2, 0.25) is 0 Å². The van der Waals surface area contributed by atoms with Crippen molar-refractivity contribution in [1.82, 2.24) is 0 Å². The van der Waals surface area contributed by atoms with Crippen LogP contribution in [0.15, 0.2) is 24.3 Å². The fraction of sp³-hybridized carbons (Fsp3) is 0.0909. The van der Waals surface area contributed by atoms with E-state index in [1.807, 2.05) is 0 Å². The Balaban J connectivity index is 3.07. The Labute approximate surface area is 90.6 Å². The molecule has 1 aromatic rings. The summed E-state index contributed by atoms with van der Waals surface area (Å²) in [6, 6.07) is 3.55. The molecule has 0 aliphatic heterocycles. The van der Waals surface area contributed by atoms with Crippen molar-refractivity contribution in [2.45, 2.75) is 6.42 Å². The summed E-state index contributed by atoms with van der Waals surface area (Å²) in [5.74, 6) is -2.78. The molecule has 0 aliphatic carbocycles. The fourth-order valence-electron chi connectivity index (χ4n) is 1.21. The van der Waals surface area contributed by atoms with Gasteiger partial charge < -0.3 is 10.2 Å². The Morgan fingerprint density at radius 1 is 1.31 bits per heavy atom. The highest BCUT2D eigenvalue weighted by Gasteiger charge is 2.06. The van der Waals surface area contributed by atoms with E-state index in [-0.39, 0.29) is 12.0 Å². The van der Waals surface area contributed by atoms with Gasteiger partial charge in [-0.15, -0.1) is 0 Å². The molecule has 2 N–H and O–H groups in total. The lowest BCUT2D eigenvalue weighted by Gasteiger charge is -2.02. The van der Waals surface area contributed by atoms with Crippen molar-refractivity contribution in [1.29, 1.82) is 0 Å². The molecule has 0 fully saturated rings. The summed E-state index contributed by atoms with van der Waals surface area (Å²) < 4.78 is 12.9. The van der Waals surface area contributed by atoms with Crippen molar-refractivity contribution in [3.8, 4) is 0 Å². The third-order valence-corrected chi connectivity index (χ3v) is 1.86. The summed E-state index contributed by atoms with van der Waals surface area (Å²) in [4.78, 5) is 20.8. The molecule has 0 saturated carbocycles. The summed E-state index contributed by atoms with van der Waals surface area (Å²) in [6.07, 6.45) is 1.73. The Morgan fingerprint density at radius 2 is 2.00 bits per heavy atom. The lowest BCUT2D eigenvalue weighted by atomic mass is 10.0. The molecule has 0 bridgehead atoms. The SMILES string of the molecule is O=C(O)C=Cc1cc(F)ccc1CC(=O)O. The van der Waals surface area contributed by atoms with Crippen molar-refractivity contribution < 1.29 is 24.2 Å². The van der Waals surface area contributed by atoms with Crippen molar-refractivity contribution in [2.24, 2.45) is 0 Å². The molecule has 1 aromatic carbocycles. The normalized spacial score (nSPS) is 10.6. The Hall–Kier alpha value is -2.17. The Kier molecular flexibility index (Phi) is 3.77. The van der Waals surface area contributed by atoms with E-state index in [0.29, 0.717) is 5.56 Å². The van der Waals surface area contributed by atoms with E-state index >= 15 is 0 Å². The maximum atomic E-state index is 12.9. The van der Waals surface area contributed by atoms with Gasteiger partial charge in [0.1, 0.15) is 5.82 Å². The lowest BCUT2D eigenvalue weighted by molar-refractivity contribution is -0.136. The van der Waals surface area contributed by atoms with Crippen molar-refractivity contribution in [3.05, 3.63) is 41.2 Å². The monoisotopic (exact) mass is 224 g/mol. The predicted molar refractivity (Wildman–Crippen MR) is 54.4 cm³/mol. The van der Waals surface area contributed by atoms with Crippen LogP contribution in [0.1, 0.15) is 11.1 Å². The number of carboxylic acids is 2. The highest BCUT2D eigenvalue weighted by atomic mass is 19.1. The Bertz CT molecular complexity index is 451. The van der Waals surface area contributed by atoms with E-state index < -0.39 is 17.8 Å². The van der Waals surface area contributed by atoms with Gasteiger partial charge in [0.25, 0.3) is 0 Å². The van der Waals surface area contributed by atoms with Gasteiger partial charge in [0.15, 0.2) is 0 Å². The predicted octanol–water partition coefficient (Wildman–Crippen LogP) is 1.55. The average molecular weight is 224 g/mol. The van der Waals surface area contributed by atoms with Crippen LogP contribution >= 0.6 is 0 Å². The van der Waals surface area contributed by atoms with Crippen LogP contribution in [-0.2, 0) is 16.0 Å². The minimum Gasteiger partial charge on any atom is -0.481 e. The number of halogens is 1. The first-order valence-corrected chi connectivity index (χ1v) is 4.40.